The van der Waals surface area contributed by atoms with Crippen molar-refractivity contribution < 1.29 is 14.1 Å². The number of carbonyl (C=O) groups is 1. The van der Waals surface area contributed by atoms with E-state index in [1.165, 1.54) is 0 Å². The summed E-state index contributed by atoms with van der Waals surface area (Å²) in [5, 5.41) is 6.90. The highest BCUT2D eigenvalue weighted by Crippen LogP contribution is 2.20. The normalized spacial score (nSPS) is 18.0. The van der Waals surface area contributed by atoms with E-state index in [0.717, 1.165) is 32.6 Å². The van der Waals surface area contributed by atoms with Gasteiger partial charge in [-0.3, -0.25) is 9.80 Å². The van der Waals surface area contributed by atoms with E-state index in [1.807, 2.05) is 34.6 Å². The Morgan fingerprint density at radius 3 is 2.36 bits per heavy atom. The largest absolute Gasteiger partial charge is 0.444 e. The number of aromatic nitrogens is 2. The van der Waals surface area contributed by atoms with E-state index in [1.54, 1.807) is 0 Å². The maximum atomic E-state index is 12.1. The van der Waals surface area contributed by atoms with Crippen LogP contribution in [-0.4, -0.2) is 63.4 Å². The number of alkyl carbamates (subject to hydrolysis) is 1. The summed E-state index contributed by atoms with van der Waals surface area (Å²) < 4.78 is 10.8. The zero-order valence-electron chi connectivity index (χ0n) is 18.8. The van der Waals surface area contributed by atoms with Gasteiger partial charge in [0.2, 0.25) is 5.89 Å². The van der Waals surface area contributed by atoms with Crippen LogP contribution in [0.5, 0.6) is 0 Å². The number of nitrogens with one attached hydrogen (secondary N) is 1. The summed E-state index contributed by atoms with van der Waals surface area (Å²) >= 11 is 0. The number of amides is 1. The third kappa shape index (κ3) is 6.74. The van der Waals surface area contributed by atoms with Gasteiger partial charge in [-0.05, 0) is 74.9 Å². The average molecular weight is 396 g/mol. The van der Waals surface area contributed by atoms with Crippen molar-refractivity contribution in [1.82, 2.24) is 25.3 Å². The minimum atomic E-state index is -0.786. The fourth-order valence-electron chi connectivity index (χ4n) is 3.18. The first-order valence-corrected chi connectivity index (χ1v) is 10.1. The highest BCUT2D eigenvalue weighted by molar-refractivity contribution is 5.68. The summed E-state index contributed by atoms with van der Waals surface area (Å²) in [6, 6.07) is 0. The predicted molar refractivity (Wildman–Crippen MR) is 108 cm³/mol. The number of hydrogen-bond acceptors (Lipinski definition) is 7. The predicted octanol–water partition coefficient (Wildman–Crippen LogP) is 3.14. The lowest BCUT2D eigenvalue weighted by atomic mass is 10.1. The van der Waals surface area contributed by atoms with Gasteiger partial charge in [-0.15, -0.1) is 0 Å². The van der Waals surface area contributed by atoms with Crippen molar-refractivity contribution in [1.29, 1.82) is 0 Å². The fourth-order valence-corrected chi connectivity index (χ4v) is 3.18. The van der Waals surface area contributed by atoms with Crippen molar-refractivity contribution in [3.8, 4) is 0 Å². The van der Waals surface area contributed by atoms with Gasteiger partial charge >= 0.3 is 6.09 Å². The molecule has 0 aromatic carbocycles. The van der Waals surface area contributed by atoms with Gasteiger partial charge in [0.25, 0.3) is 0 Å². The molecule has 0 aliphatic carbocycles. The number of rotatable bonds is 4. The molecule has 1 amide bonds. The quantitative estimate of drug-likeness (QED) is 0.838. The zero-order chi connectivity index (χ0) is 21.2. The van der Waals surface area contributed by atoms with E-state index < -0.39 is 17.2 Å². The van der Waals surface area contributed by atoms with E-state index in [2.05, 4.69) is 46.0 Å². The lowest BCUT2D eigenvalue weighted by molar-refractivity contribution is 0.0465. The van der Waals surface area contributed by atoms with E-state index in [0.29, 0.717) is 18.3 Å². The van der Waals surface area contributed by atoms with Crippen molar-refractivity contribution in [2.75, 3.05) is 26.2 Å². The molecule has 1 aromatic heterocycles. The Morgan fingerprint density at radius 2 is 1.75 bits per heavy atom. The summed E-state index contributed by atoms with van der Waals surface area (Å²) in [4.78, 5) is 21.5. The van der Waals surface area contributed by atoms with Crippen molar-refractivity contribution in [3.63, 3.8) is 0 Å². The van der Waals surface area contributed by atoms with Crippen molar-refractivity contribution in [2.45, 2.75) is 85.0 Å². The Balaban J connectivity index is 1.95. The molecule has 0 saturated carbocycles. The molecule has 8 nitrogen and oxygen atoms in total. The van der Waals surface area contributed by atoms with Gasteiger partial charge in [-0.1, -0.05) is 5.16 Å². The molecule has 0 bridgehead atoms. The van der Waals surface area contributed by atoms with Crippen LogP contribution in [0.1, 0.15) is 73.5 Å². The third-order valence-corrected chi connectivity index (χ3v) is 4.74. The SMILES string of the molecule is CC(C)(C)OC(=O)NC(C)(C)c1noc(CN2CCCN(C(C)(C)C)CC2)n1. The van der Waals surface area contributed by atoms with Gasteiger partial charge in [0.1, 0.15) is 11.1 Å². The molecule has 0 spiro atoms. The molecule has 2 rings (SSSR count). The van der Waals surface area contributed by atoms with Crippen LogP contribution < -0.4 is 5.32 Å². The van der Waals surface area contributed by atoms with Crippen LogP contribution in [-0.2, 0) is 16.8 Å². The lowest BCUT2D eigenvalue weighted by Crippen LogP contribution is -2.44. The Hall–Kier alpha value is -1.67. The van der Waals surface area contributed by atoms with Crippen LogP contribution in [0.3, 0.4) is 0 Å². The second kappa shape index (κ2) is 8.37. The van der Waals surface area contributed by atoms with Crippen LogP contribution in [0.4, 0.5) is 4.79 Å². The zero-order valence-corrected chi connectivity index (χ0v) is 18.8. The second-order valence-corrected chi connectivity index (χ2v) is 10.1. The molecular formula is C20H37N5O3. The van der Waals surface area contributed by atoms with Crippen molar-refractivity contribution in [3.05, 3.63) is 11.7 Å². The Bertz CT molecular complexity index is 658. The molecule has 0 radical (unpaired) electrons. The smallest absolute Gasteiger partial charge is 0.408 e. The molecule has 8 heteroatoms. The second-order valence-electron chi connectivity index (χ2n) is 10.1. The lowest BCUT2D eigenvalue weighted by Gasteiger charge is -2.34. The number of ether oxygens (including phenoxy) is 1. The summed E-state index contributed by atoms with van der Waals surface area (Å²) in [6.07, 6.45) is 0.614. The van der Waals surface area contributed by atoms with E-state index in [4.69, 9.17) is 9.26 Å². The molecule has 160 valence electrons. The topological polar surface area (TPSA) is 83.7 Å². The third-order valence-electron chi connectivity index (χ3n) is 4.74. The molecule has 1 aromatic rings. The highest BCUT2D eigenvalue weighted by atomic mass is 16.6. The Labute approximate surface area is 169 Å². The van der Waals surface area contributed by atoms with Crippen LogP contribution >= 0.6 is 0 Å². The van der Waals surface area contributed by atoms with Crippen LogP contribution in [0.2, 0.25) is 0 Å². The van der Waals surface area contributed by atoms with Crippen LogP contribution in [0.15, 0.2) is 4.52 Å². The van der Waals surface area contributed by atoms with Gasteiger partial charge in [0.15, 0.2) is 5.82 Å². The number of hydrogen-bond donors (Lipinski definition) is 1. The average Bonchev–Trinajstić information content (AvgIpc) is 2.82. The molecule has 1 fully saturated rings. The standard InChI is InChI=1S/C20H37N5O3/c1-18(2,3)25-11-9-10-24(12-13-25)14-15-21-16(23-28-15)20(7,8)22-17(26)27-19(4,5)6/h9-14H2,1-8H3,(H,22,26). The molecule has 1 aliphatic heterocycles. The van der Waals surface area contributed by atoms with E-state index >= 15 is 0 Å². The van der Waals surface area contributed by atoms with Gasteiger partial charge in [0.05, 0.1) is 6.54 Å². The molecule has 2 heterocycles. The van der Waals surface area contributed by atoms with Crippen LogP contribution in [0, 0.1) is 0 Å². The minimum Gasteiger partial charge on any atom is -0.444 e. The summed E-state index contributed by atoms with van der Waals surface area (Å²) in [7, 11) is 0. The number of carbonyl (C=O) groups excluding carboxylic acids is 1. The first kappa shape index (κ1) is 22.6. The minimum absolute atomic E-state index is 0.186. The Morgan fingerprint density at radius 1 is 1.07 bits per heavy atom. The number of nitrogens with zero attached hydrogens (tertiary/aromatic N) is 4. The van der Waals surface area contributed by atoms with Crippen molar-refractivity contribution >= 4 is 6.09 Å². The van der Waals surface area contributed by atoms with Gasteiger partial charge in [-0.25, -0.2) is 4.79 Å². The maximum Gasteiger partial charge on any atom is 0.408 e. The molecule has 1 saturated heterocycles. The molecule has 1 N–H and O–H groups in total. The van der Waals surface area contributed by atoms with Crippen molar-refractivity contribution in [2.24, 2.45) is 0 Å². The molecular weight excluding hydrogens is 358 g/mol. The van der Waals surface area contributed by atoms with E-state index in [9.17, 15) is 4.79 Å². The van der Waals surface area contributed by atoms with Gasteiger partial charge in [0, 0.05) is 18.6 Å². The van der Waals surface area contributed by atoms with E-state index in [-0.39, 0.29) is 5.54 Å². The van der Waals surface area contributed by atoms with Crippen LogP contribution in [0.25, 0.3) is 0 Å². The van der Waals surface area contributed by atoms with Gasteiger partial charge in [-0.2, -0.15) is 4.98 Å². The summed E-state index contributed by atoms with van der Waals surface area (Å²) in [5.74, 6) is 1.01. The highest BCUT2D eigenvalue weighted by Gasteiger charge is 2.31. The Kier molecular flexibility index (Phi) is 6.76. The molecule has 0 atom stereocenters. The molecule has 28 heavy (non-hydrogen) atoms. The van der Waals surface area contributed by atoms with Gasteiger partial charge < -0.3 is 14.6 Å². The summed E-state index contributed by atoms with van der Waals surface area (Å²) in [5.41, 5.74) is -1.16. The fraction of sp³-hybridized carbons (Fsp3) is 0.850. The first-order valence-electron chi connectivity index (χ1n) is 10.1. The monoisotopic (exact) mass is 395 g/mol. The summed E-state index contributed by atoms with van der Waals surface area (Å²) in [6.45, 7) is 20.6. The molecule has 1 aliphatic rings. The maximum absolute atomic E-state index is 12.1. The molecule has 0 unspecified atom stereocenters. The first-order chi connectivity index (χ1) is 12.8.